The number of hydrogen-bond donors (Lipinski definition) is 0. The molecule has 0 aliphatic heterocycles. The number of carbonyl (C=O) groups is 2. The SMILES string of the molecule is CCOC(=O)C(C)C(=O)CCC(C)C. The van der Waals surface area contributed by atoms with Gasteiger partial charge < -0.3 is 4.74 Å². The van der Waals surface area contributed by atoms with Crippen molar-refractivity contribution < 1.29 is 14.3 Å². The molecule has 0 saturated carbocycles. The maximum absolute atomic E-state index is 11.5. The second-order valence-electron chi connectivity index (χ2n) is 3.87. The first-order chi connectivity index (χ1) is 6.49. The molecule has 14 heavy (non-hydrogen) atoms. The molecule has 0 rings (SSSR count). The van der Waals surface area contributed by atoms with E-state index in [9.17, 15) is 9.59 Å². The van der Waals surface area contributed by atoms with E-state index in [4.69, 9.17) is 4.74 Å². The first-order valence-corrected chi connectivity index (χ1v) is 5.18. The predicted molar refractivity (Wildman–Crippen MR) is 54.9 cm³/mol. The Kier molecular flexibility index (Phi) is 6.17. The summed E-state index contributed by atoms with van der Waals surface area (Å²) < 4.78 is 4.77. The van der Waals surface area contributed by atoms with Gasteiger partial charge in [-0.3, -0.25) is 9.59 Å². The van der Waals surface area contributed by atoms with E-state index in [0.717, 1.165) is 6.42 Å². The molecule has 82 valence electrons. The topological polar surface area (TPSA) is 43.4 Å². The summed E-state index contributed by atoms with van der Waals surface area (Å²) in [5, 5.41) is 0. The molecule has 0 radical (unpaired) electrons. The molecule has 3 nitrogen and oxygen atoms in total. The van der Waals surface area contributed by atoms with E-state index in [1.165, 1.54) is 0 Å². The zero-order chi connectivity index (χ0) is 11.1. The van der Waals surface area contributed by atoms with E-state index in [2.05, 4.69) is 13.8 Å². The lowest BCUT2D eigenvalue weighted by Gasteiger charge is -2.10. The molecule has 0 aliphatic carbocycles. The smallest absolute Gasteiger partial charge is 0.316 e. The van der Waals surface area contributed by atoms with Crippen LogP contribution in [0.4, 0.5) is 0 Å². The molecule has 3 heteroatoms. The highest BCUT2D eigenvalue weighted by atomic mass is 16.5. The summed E-state index contributed by atoms with van der Waals surface area (Å²) in [6.07, 6.45) is 1.31. The molecule has 0 bridgehead atoms. The third kappa shape index (κ3) is 5.00. The molecule has 0 aromatic carbocycles. The van der Waals surface area contributed by atoms with Gasteiger partial charge in [-0.05, 0) is 26.2 Å². The summed E-state index contributed by atoms with van der Waals surface area (Å²) in [4.78, 5) is 22.6. The molecular formula is C11H20O3. The van der Waals surface area contributed by atoms with Crippen molar-refractivity contribution in [3.05, 3.63) is 0 Å². The Morgan fingerprint density at radius 1 is 1.21 bits per heavy atom. The van der Waals surface area contributed by atoms with E-state index >= 15 is 0 Å². The van der Waals surface area contributed by atoms with Crippen LogP contribution in [0.3, 0.4) is 0 Å². The highest BCUT2D eigenvalue weighted by Gasteiger charge is 2.21. The summed E-state index contributed by atoms with van der Waals surface area (Å²) in [7, 11) is 0. The van der Waals surface area contributed by atoms with Gasteiger partial charge in [0, 0.05) is 6.42 Å². The van der Waals surface area contributed by atoms with Gasteiger partial charge in [0.15, 0.2) is 0 Å². The van der Waals surface area contributed by atoms with Crippen LogP contribution in [-0.2, 0) is 14.3 Å². The molecule has 1 unspecified atom stereocenters. The molecule has 0 aromatic heterocycles. The van der Waals surface area contributed by atoms with Crippen LogP contribution in [0.5, 0.6) is 0 Å². The van der Waals surface area contributed by atoms with Gasteiger partial charge in [0.25, 0.3) is 0 Å². The van der Waals surface area contributed by atoms with Crippen LogP contribution in [0.1, 0.15) is 40.5 Å². The Labute approximate surface area is 85.8 Å². The molecule has 0 saturated heterocycles. The minimum absolute atomic E-state index is 0.0165. The quantitative estimate of drug-likeness (QED) is 0.487. The van der Waals surface area contributed by atoms with Crippen molar-refractivity contribution in [2.45, 2.75) is 40.5 Å². The average molecular weight is 200 g/mol. The van der Waals surface area contributed by atoms with E-state index in [-0.39, 0.29) is 5.78 Å². The molecule has 0 amide bonds. The average Bonchev–Trinajstić information content (AvgIpc) is 2.13. The summed E-state index contributed by atoms with van der Waals surface area (Å²) >= 11 is 0. The Morgan fingerprint density at radius 2 is 1.79 bits per heavy atom. The van der Waals surface area contributed by atoms with Crippen molar-refractivity contribution in [1.82, 2.24) is 0 Å². The van der Waals surface area contributed by atoms with Gasteiger partial charge in [-0.25, -0.2) is 0 Å². The summed E-state index contributed by atoms with van der Waals surface area (Å²) in [6, 6.07) is 0. The molecule has 0 N–H and O–H groups in total. The normalized spacial score (nSPS) is 12.6. The zero-order valence-electron chi connectivity index (χ0n) is 9.50. The van der Waals surface area contributed by atoms with Crippen molar-refractivity contribution in [2.24, 2.45) is 11.8 Å². The van der Waals surface area contributed by atoms with Crippen molar-refractivity contribution >= 4 is 11.8 Å². The molecule has 0 spiro atoms. The van der Waals surface area contributed by atoms with Crippen LogP contribution >= 0.6 is 0 Å². The Hall–Kier alpha value is -0.860. The molecule has 1 atom stereocenters. The molecule has 0 fully saturated rings. The van der Waals surface area contributed by atoms with Crippen LogP contribution in [-0.4, -0.2) is 18.4 Å². The molecular weight excluding hydrogens is 180 g/mol. The highest BCUT2D eigenvalue weighted by Crippen LogP contribution is 2.10. The van der Waals surface area contributed by atoms with Gasteiger partial charge in [-0.2, -0.15) is 0 Å². The number of ether oxygens (including phenoxy) is 1. The number of Topliss-reactive ketones (excluding diaryl/α,β-unsaturated/α-hetero) is 1. The Bertz CT molecular complexity index is 197. The van der Waals surface area contributed by atoms with Gasteiger partial charge in [-0.1, -0.05) is 13.8 Å². The summed E-state index contributed by atoms with van der Waals surface area (Å²) in [6.45, 7) is 7.80. The van der Waals surface area contributed by atoms with E-state index in [0.29, 0.717) is 18.9 Å². The van der Waals surface area contributed by atoms with Crippen molar-refractivity contribution in [1.29, 1.82) is 0 Å². The Morgan fingerprint density at radius 3 is 2.21 bits per heavy atom. The fraction of sp³-hybridized carbons (Fsp3) is 0.818. The Balaban J connectivity index is 3.92. The summed E-state index contributed by atoms with van der Waals surface area (Å²) in [5.41, 5.74) is 0. The number of carbonyl (C=O) groups excluding carboxylic acids is 2. The molecule has 0 aromatic rings. The lowest BCUT2D eigenvalue weighted by molar-refractivity contribution is -0.150. The maximum Gasteiger partial charge on any atom is 0.316 e. The maximum atomic E-state index is 11.5. The third-order valence-corrected chi connectivity index (χ3v) is 2.09. The number of rotatable bonds is 6. The minimum Gasteiger partial charge on any atom is -0.465 e. The summed E-state index contributed by atoms with van der Waals surface area (Å²) in [5.74, 6) is -0.527. The first kappa shape index (κ1) is 13.1. The van der Waals surface area contributed by atoms with Crippen LogP contribution in [0, 0.1) is 11.8 Å². The second-order valence-corrected chi connectivity index (χ2v) is 3.87. The van der Waals surface area contributed by atoms with Gasteiger partial charge in [0.2, 0.25) is 0 Å². The van der Waals surface area contributed by atoms with Crippen molar-refractivity contribution in [3.8, 4) is 0 Å². The van der Waals surface area contributed by atoms with Gasteiger partial charge >= 0.3 is 5.97 Å². The fourth-order valence-corrected chi connectivity index (χ4v) is 1.05. The largest absolute Gasteiger partial charge is 0.465 e. The number of ketones is 1. The highest BCUT2D eigenvalue weighted by molar-refractivity contribution is 5.98. The van der Waals surface area contributed by atoms with Crippen molar-refractivity contribution in [3.63, 3.8) is 0 Å². The number of esters is 1. The van der Waals surface area contributed by atoms with Crippen LogP contribution < -0.4 is 0 Å². The van der Waals surface area contributed by atoms with E-state index < -0.39 is 11.9 Å². The second kappa shape index (κ2) is 6.57. The monoisotopic (exact) mass is 200 g/mol. The minimum atomic E-state index is -0.603. The number of hydrogen-bond acceptors (Lipinski definition) is 3. The standard InChI is InChI=1S/C11H20O3/c1-5-14-11(13)9(4)10(12)7-6-8(2)3/h8-9H,5-7H2,1-4H3. The van der Waals surface area contributed by atoms with Gasteiger partial charge in [0.1, 0.15) is 11.7 Å². The van der Waals surface area contributed by atoms with Crippen molar-refractivity contribution in [2.75, 3.05) is 6.61 Å². The predicted octanol–water partition coefficient (Wildman–Crippen LogP) is 2.19. The zero-order valence-corrected chi connectivity index (χ0v) is 9.50. The lowest BCUT2D eigenvalue weighted by atomic mass is 9.98. The third-order valence-electron chi connectivity index (χ3n) is 2.09. The van der Waals surface area contributed by atoms with Crippen LogP contribution in [0.2, 0.25) is 0 Å². The van der Waals surface area contributed by atoms with E-state index in [1.54, 1.807) is 13.8 Å². The van der Waals surface area contributed by atoms with Gasteiger partial charge in [-0.15, -0.1) is 0 Å². The van der Waals surface area contributed by atoms with Gasteiger partial charge in [0.05, 0.1) is 6.61 Å². The van der Waals surface area contributed by atoms with E-state index in [1.807, 2.05) is 0 Å². The molecule has 0 heterocycles. The molecule has 0 aliphatic rings. The van der Waals surface area contributed by atoms with Crippen LogP contribution in [0.25, 0.3) is 0 Å². The first-order valence-electron chi connectivity index (χ1n) is 5.18. The lowest BCUT2D eigenvalue weighted by Crippen LogP contribution is -2.23. The fourth-order valence-electron chi connectivity index (χ4n) is 1.05. The van der Waals surface area contributed by atoms with Crippen LogP contribution in [0.15, 0.2) is 0 Å².